The molecule has 0 spiro atoms. The van der Waals surface area contributed by atoms with Crippen LogP contribution in [-0.2, 0) is 12.4 Å². The molecule has 10 aromatic carbocycles. The van der Waals surface area contributed by atoms with Crippen molar-refractivity contribution >= 4 is 43.6 Å². The number of nitriles is 1. The number of benzene rings is 10. The monoisotopic (exact) mass is 1060 g/mol. The van der Waals surface area contributed by atoms with E-state index in [1.807, 2.05) is 74.9 Å². The average Bonchev–Trinajstić information content (AvgIpc) is 4.15. The lowest BCUT2D eigenvalue weighted by molar-refractivity contribution is -0.142. The number of alkyl halides is 6. The number of halogens is 6. The minimum absolute atomic E-state index is 0.257. The molecule has 0 saturated heterocycles. The van der Waals surface area contributed by atoms with Gasteiger partial charge in [0.2, 0.25) is 0 Å². The number of hydrogen-bond acceptors (Lipinski definition) is 1. The molecule has 3 nitrogen and oxygen atoms in total. The first kappa shape index (κ1) is 51.6. The Labute approximate surface area is 460 Å². The Balaban J connectivity index is 1.31. The third-order valence-corrected chi connectivity index (χ3v) is 16.0. The van der Waals surface area contributed by atoms with Gasteiger partial charge in [-0.2, -0.15) is 31.6 Å². The van der Waals surface area contributed by atoms with Crippen molar-refractivity contribution in [3.05, 3.63) is 237 Å². The summed E-state index contributed by atoms with van der Waals surface area (Å²) in [5.74, 6) is 0. The van der Waals surface area contributed by atoms with Crippen LogP contribution in [0.4, 0.5) is 26.3 Å². The lowest BCUT2D eigenvalue weighted by Crippen LogP contribution is -2.15. The van der Waals surface area contributed by atoms with Crippen LogP contribution in [0.25, 0.3) is 111 Å². The van der Waals surface area contributed by atoms with E-state index in [2.05, 4.69) is 141 Å². The molecule has 80 heavy (non-hydrogen) atoms. The molecule has 0 aliphatic rings. The molecule has 0 amide bonds. The van der Waals surface area contributed by atoms with Crippen molar-refractivity contribution in [3.8, 4) is 73.1 Å². The maximum absolute atomic E-state index is 15.5. The second-order valence-corrected chi connectivity index (χ2v) is 21.6. The van der Waals surface area contributed by atoms with Crippen LogP contribution >= 0.6 is 0 Å². The van der Waals surface area contributed by atoms with Crippen LogP contribution in [0.5, 0.6) is 0 Å². The molecular weight excluding hydrogens is 1010 g/mol. The first-order valence-electron chi connectivity index (χ1n) is 26.5. The maximum atomic E-state index is 15.5. The number of aromatic nitrogens is 2. The number of aryl methyl sites for hydroxylation is 8. The lowest BCUT2D eigenvalue weighted by Gasteiger charge is -2.23. The largest absolute Gasteiger partial charge is 0.417 e. The summed E-state index contributed by atoms with van der Waals surface area (Å²) in [6.45, 7) is 16.3. The van der Waals surface area contributed by atoms with E-state index in [1.54, 1.807) is 0 Å². The van der Waals surface area contributed by atoms with Crippen molar-refractivity contribution in [1.29, 1.82) is 5.26 Å². The van der Waals surface area contributed by atoms with E-state index < -0.39 is 34.6 Å². The molecular formula is C71H53F6N3. The quantitative estimate of drug-likeness (QED) is 0.146. The number of rotatable bonds is 7. The van der Waals surface area contributed by atoms with Gasteiger partial charge >= 0.3 is 12.4 Å². The Morgan fingerprint density at radius 1 is 0.338 bits per heavy atom. The Hall–Kier alpha value is -9.13. The van der Waals surface area contributed by atoms with Gasteiger partial charge in [-0.05, 0) is 171 Å². The molecule has 0 aliphatic carbocycles. The molecule has 0 aliphatic heterocycles. The van der Waals surface area contributed by atoms with Gasteiger partial charge in [0.25, 0.3) is 0 Å². The normalized spacial score (nSPS) is 12.1. The fourth-order valence-corrected chi connectivity index (χ4v) is 12.3. The summed E-state index contributed by atoms with van der Waals surface area (Å²) in [7, 11) is 0. The van der Waals surface area contributed by atoms with Gasteiger partial charge in [0.15, 0.2) is 0 Å². The van der Waals surface area contributed by atoms with Gasteiger partial charge in [-0.3, -0.25) is 0 Å². The molecule has 12 aromatic rings. The topological polar surface area (TPSA) is 33.6 Å². The van der Waals surface area contributed by atoms with E-state index in [0.717, 1.165) is 117 Å². The van der Waals surface area contributed by atoms with E-state index >= 15 is 26.3 Å². The predicted molar refractivity (Wildman–Crippen MR) is 315 cm³/mol. The van der Waals surface area contributed by atoms with Gasteiger partial charge in [0.05, 0.1) is 56.2 Å². The predicted octanol–water partition coefficient (Wildman–Crippen LogP) is 20.6. The number of hydrogen-bond donors (Lipinski definition) is 0. The van der Waals surface area contributed by atoms with Gasteiger partial charge in [0.1, 0.15) is 0 Å². The Bertz CT molecular complexity index is 4360. The van der Waals surface area contributed by atoms with Gasteiger partial charge in [0, 0.05) is 32.7 Å². The molecule has 0 saturated carbocycles. The first-order chi connectivity index (χ1) is 38.2. The minimum Gasteiger partial charge on any atom is -0.307 e. The van der Waals surface area contributed by atoms with Gasteiger partial charge in [-0.25, -0.2) is 0 Å². The molecule has 12 rings (SSSR count). The molecule has 2 aromatic heterocycles. The summed E-state index contributed by atoms with van der Waals surface area (Å²) < 4.78 is 97.0. The highest BCUT2D eigenvalue weighted by atomic mass is 19.4. The molecule has 2 heterocycles. The highest BCUT2D eigenvalue weighted by Crippen LogP contribution is 2.49. The molecule has 394 valence electrons. The maximum Gasteiger partial charge on any atom is 0.417 e. The van der Waals surface area contributed by atoms with Crippen LogP contribution in [-0.4, -0.2) is 9.13 Å². The zero-order valence-electron chi connectivity index (χ0n) is 45.4. The Morgan fingerprint density at radius 3 is 0.912 bits per heavy atom. The molecule has 0 atom stereocenters. The summed E-state index contributed by atoms with van der Waals surface area (Å²) in [4.78, 5) is 0. The van der Waals surface area contributed by atoms with Crippen LogP contribution in [0, 0.1) is 66.7 Å². The Kier molecular flexibility index (Phi) is 12.3. The number of fused-ring (bicyclic) bond motifs is 6. The summed E-state index contributed by atoms with van der Waals surface area (Å²) in [5, 5.41) is 14.7. The SMILES string of the molecule is Cc1ccc(-c2ccc3c4ccc(-c5ccc(C)cc5C)cc4n(-c4cc(C#N)c(-c5c(C(F)(F)F)cccc5C(F)(F)F)cc4-n4c5cc(-c6ccc(C)cc6C)ccc5c5ccc(-c6ccc(C)cc6C)cc54)c3c2)c(C)c1. The Morgan fingerprint density at radius 2 is 0.637 bits per heavy atom. The molecule has 0 unspecified atom stereocenters. The smallest absolute Gasteiger partial charge is 0.307 e. The molecule has 0 fully saturated rings. The zero-order valence-corrected chi connectivity index (χ0v) is 45.4. The van der Waals surface area contributed by atoms with Crippen molar-refractivity contribution < 1.29 is 26.3 Å². The highest BCUT2D eigenvalue weighted by molar-refractivity contribution is 6.14. The second kappa shape index (κ2) is 19.1. The van der Waals surface area contributed by atoms with Crippen molar-refractivity contribution in [2.75, 3.05) is 0 Å². The molecule has 0 N–H and O–H groups in total. The molecule has 9 heteroatoms. The average molecular weight is 1060 g/mol. The van der Waals surface area contributed by atoms with Crippen LogP contribution in [0.2, 0.25) is 0 Å². The summed E-state index contributed by atoms with van der Waals surface area (Å²) in [6.07, 6.45) is -10.5. The second-order valence-electron chi connectivity index (χ2n) is 21.6. The summed E-state index contributed by atoms with van der Waals surface area (Å²) >= 11 is 0. The zero-order chi connectivity index (χ0) is 56.3. The van der Waals surface area contributed by atoms with E-state index in [0.29, 0.717) is 39.9 Å². The molecule has 0 bridgehead atoms. The van der Waals surface area contributed by atoms with E-state index in [9.17, 15) is 5.26 Å². The van der Waals surface area contributed by atoms with Gasteiger partial charge < -0.3 is 9.13 Å². The summed E-state index contributed by atoms with van der Waals surface area (Å²) in [6, 6.07) is 56.8. The van der Waals surface area contributed by atoms with Crippen molar-refractivity contribution in [3.63, 3.8) is 0 Å². The third-order valence-electron chi connectivity index (χ3n) is 16.0. The third kappa shape index (κ3) is 8.71. The van der Waals surface area contributed by atoms with Crippen LogP contribution < -0.4 is 0 Å². The van der Waals surface area contributed by atoms with E-state index in [-0.39, 0.29) is 11.3 Å². The highest BCUT2D eigenvalue weighted by Gasteiger charge is 2.42. The van der Waals surface area contributed by atoms with Crippen LogP contribution in [0.15, 0.2) is 176 Å². The van der Waals surface area contributed by atoms with Crippen LogP contribution in [0.3, 0.4) is 0 Å². The lowest BCUT2D eigenvalue weighted by atomic mass is 9.89. The fourth-order valence-electron chi connectivity index (χ4n) is 12.3. The number of nitrogens with zero attached hydrogens (tertiary/aromatic N) is 3. The standard InChI is InChI=1S/C71H53F6N3/c1-39-12-20-52(43(5)28-39)47-16-24-56-57-25-17-48(53-21-13-40(2)29-44(53)6)33-64(57)79(63(56)32-47)67-36-51(38-78)60(69-61(70(72,73)74)10-9-11-62(69)71(75,76)77)37-68(67)80-65-34-49(54-22-14-41(3)30-45(54)7)18-26-58(65)59-27-19-50(35-66(59)80)55-23-15-42(4)31-46(55)8/h9-37H,1-8H3. The van der Waals surface area contributed by atoms with Gasteiger partial charge in [-0.1, -0.05) is 150 Å². The summed E-state index contributed by atoms with van der Waals surface area (Å²) in [5.41, 5.74) is 14.3. The first-order valence-corrected chi connectivity index (χ1v) is 26.5. The van der Waals surface area contributed by atoms with Crippen molar-refractivity contribution in [2.24, 2.45) is 0 Å². The van der Waals surface area contributed by atoms with E-state index in [1.165, 1.54) is 12.1 Å². The van der Waals surface area contributed by atoms with Crippen molar-refractivity contribution in [2.45, 2.75) is 67.7 Å². The fraction of sp³-hybridized carbons (Fsp3) is 0.141. The molecule has 0 radical (unpaired) electrons. The minimum atomic E-state index is -5.24. The van der Waals surface area contributed by atoms with Crippen molar-refractivity contribution in [1.82, 2.24) is 9.13 Å². The van der Waals surface area contributed by atoms with Crippen LogP contribution in [0.1, 0.15) is 61.2 Å². The van der Waals surface area contributed by atoms with Gasteiger partial charge in [-0.15, -0.1) is 0 Å². The van der Waals surface area contributed by atoms with E-state index in [4.69, 9.17) is 0 Å².